The molecule has 0 bridgehead atoms. The van der Waals surface area contributed by atoms with E-state index in [-0.39, 0.29) is 24.3 Å². The number of nitrogens with zero attached hydrogens (tertiary/aromatic N) is 2. The maximum Gasteiger partial charge on any atom is 0.244 e. The van der Waals surface area contributed by atoms with Gasteiger partial charge in [-0.25, -0.2) is 0 Å². The van der Waals surface area contributed by atoms with Crippen molar-refractivity contribution in [3.63, 3.8) is 0 Å². The highest BCUT2D eigenvalue weighted by Crippen LogP contribution is 2.33. The van der Waals surface area contributed by atoms with Gasteiger partial charge in [-0.05, 0) is 25.7 Å². The van der Waals surface area contributed by atoms with Gasteiger partial charge in [0.05, 0.1) is 12.0 Å². The summed E-state index contributed by atoms with van der Waals surface area (Å²) in [6.07, 6.45) is 5.17. The van der Waals surface area contributed by atoms with E-state index in [1.807, 2.05) is 0 Å². The summed E-state index contributed by atoms with van der Waals surface area (Å²) in [5, 5.41) is 10.3. The van der Waals surface area contributed by atoms with Crippen LogP contribution in [0.2, 0.25) is 0 Å². The van der Waals surface area contributed by atoms with Gasteiger partial charge in [0.2, 0.25) is 11.8 Å². The lowest BCUT2D eigenvalue weighted by Crippen LogP contribution is -2.47. The summed E-state index contributed by atoms with van der Waals surface area (Å²) in [5.41, 5.74) is -0.828. The van der Waals surface area contributed by atoms with E-state index in [9.17, 15) is 14.7 Å². The van der Waals surface area contributed by atoms with Crippen LogP contribution in [0.4, 0.5) is 0 Å². The number of carbonyl (C=O) groups excluding carboxylic acids is 2. The van der Waals surface area contributed by atoms with Crippen LogP contribution in [0.15, 0.2) is 0 Å². The molecule has 5 heteroatoms. The number of aliphatic hydroxyl groups is 1. The first-order valence-electron chi connectivity index (χ1n) is 7.16. The fourth-order valence-electron chi connectivity index (χ4n) is 3.21. The zero-order valence-corrected chi connectivity index (χ0v) is 11.9. The molecule has 2 rings (SSSR count). The molecule has 1 unspecified atom stereocenters. The molecule has 1 aliphatic carbocycles. The lowest BCUT2D eigenvalue weighted by molar-refractivity contribution is -0.145. The Bertz CT molecular complexity index is 362. The highest BCUT2D eigenvalue weighted by Gasteiger charge is 2.39. The Labute approximate surface area is 114 Å². The van der Waals surface area contributed by atoms with Crippen LogP contribution in [0.5, 0.6) is 0 Å². The summed E-state index contributed by atoms with van der Waals surface area (Å²) in [7, 11) is 3.43. The fourth-order valence-corrected chi connectivity index (χ4v) is 3.21. The Kier molecular flexibility index (Phi) is 4.13. The monoisotopic (exact) mass is 268 g/mol. The first kappa shape index (κ1) is 14.3. The van der Waals surface area contributed by atoms with E-state index in [1.54, 1.807) is 23.9 Å². The molecule has 1 aliphatic heterocycles. The van der Waals surface area contributed by atoms with Crippen molar-refractivity contribution in [3.05, 3.63) is 0 Å². The van der Waals surface area contributed by atoms with Crippen LogP contribution in [-0.2, 0) is 9.59 Å². The minimum absolute atomic E-state index is 0.00994. The van der Waals surface area contributed by atoms with Crippen LogP contribution < -0.4 is 0 Å². The molecule has 5 nitrogen and oxygen atoms in total. The molecular weight excluding hydrogens is 244 g/mol. The van der Waals surface area contributed by atoms with Crippen molar-refractivity contribution in [1.29, 1.82) is 0 Å². The molecule has 0 aromatic rings. The minimum Gasteiger partial charge on any atom is -0.389 e. The van der Waals surface area contributed by atoms with E-state index in [1.165, 1.54) is 0 Å². The lowest BCUT2D eigenvalue weighted by atomic mass is 9.97. The second-order valence-corrected chi connectivity index (χ2v) is 6.09. The summed E-state index contributed by atoms with van der Waals surface area (Å²) >= 11 is 0. The summed E-state index contributed by atoms with van der Waals surface area (Å²) in [5.74, 6) is -0.0774. The Morgan fingerprint density at radius 1 is 1.26 bits per heavy atom. The molecule has 2 aliphatic rings. The molecule has 1 saturated heterocycles. The van der Waals surface area contributed by atoms with Crippen LogP contribution in [0.1, 0.15) is 44.9 Å². The predicted molar refractivity (Wildman–Crippen MR) is 71.5 cm³/mol. The quantitative estimate of drug-likeness (QED) is 0.822. The molecule has 2 amide bonds. The number of likely N-dealkylation sites (tertiary alicyclic amines) is 1. The first-order chi connectivity index (χ1) is 8.93. The summed E-state index contributed by atoms with van der Waals surface area (Å²) < 4.78 is 0. The smallest absolute Gasteiger partial charge is 0.244 e. The molecule has 19 heavy (non-hydrogen) atoms. The number of hydrogen-bond donors (Lipinski definition) is 1. The van der Waals surface area contributed by atoms with Crippen LogP contribution in [0, 0.1) is 0 Å². The van der Waals surface area contributed by atoms with Gasteiger partial charge >= 0.3 is 0 Å². The molecule has 2 fully saturated rings. The summed E-state index contributed by atoms with van der Waals surface area (Å²) in [6, 6.07) is -0.326. The standard InChI is InChI=1S/C14H24N2O3/c1-15(2)13(18)11-6-5-9-16(11)12(17)10-14(19)7-3-4-8-14/h11,19H,3-10H2,1-2H3. The van der Waals surface area contributed by atoms with Crippen LogP contribution in [-0.4, -0.2) is 59.0 Å². The molecule has 1 heterocycles. The molecule has 0 radical (unpaired) electrons. The van der Waals surface area contributed by atoms with Gasteiger partial charge in [-0.2, -0.15) is 0 Å². The first-order valence-corrected chi connectivity index (χ1v) is 7.16. The van der Waals surface area contributed by atoms with Gasteiger partial charge < -0.3 is 14.9 Å². The molecule has 1 N–H and O–H groups in total. The SMILES string of the molecule is CN(C)C(=O)C1CCCN1C(=O)CC1(O)CCCC1. The Hall–Kier alpha value is -1.10. The number of carbonyl (C=O) groups is 2. The summed E-state index contributed by atoms with van der Waals surface area (Å²) in [6.45, 7) is 0.638. The van der Waals surface area contributed by atoms with Crippen molar-refractivity contribution in [2.75, 3.05) is 20.6 Å². The van der Waals surface area contributed by atoms with Gasteiger partial charge in [-0.3, -0.25) is 9.59 Å². The van der Waals surface area contributed by atoms with Gasteiger partial charge in [0.25, 0.3) is 0 Å². The van der Waals surface area contributed by atoms with Gasteiger partial charge in [0.15, 0.2) is 0 Å². The normalized spacial score (nSPS) is 25.6. The van der Waals surface area contributed by atoms with Gasteiger partial charge in [-0.1, -0.05) is 12.8 Å². The molecule has 108 valence electrons. The molecule has 1 atom stereocenters. The number of hydrogen-bond acceptors (Lipinski definition) is 3. The van der Waals surface area contributed by atoms with Crippen molar-refractivity contribution < 1.29 is 14.7 Å². The van der Waals surface area contributed by atoms with E-state index < -0.39 is 5.60 Å². The summed E-state index contributed by atoms with van der Waals surface area (Å²) in [4.78, 5) is 27.6. The van der Waals surface area contributed by atoms with Crippen molar-refractivity contribution in [2.45, 2.75) is 56.6 Å². The highest BCUT2D eigenvalue weighted by atomic mass is 16.3. The molecule has 0 aromatic heterocycles. The second-order valence-electron chi connectivity index (χ2n) is 6.09. The molecule has 1 saturated carbocycles. The Morgan fingerprint density at radius 2 is 1.89 bits per heavy atom. The average molecular weight is 268 g/mol. The zero-order chi connectivity index (χ0) is 14.0. The third kappa shape index (κ3) is 3.08. The molecular formula is C14H24N2O3. The number of amides is 2. The van der Waals surface area contributed by atoms with Crippen molar-refractivity contribution in [1.82, 2.24) is 9.80 Å². The van der Waals surface area contributed by atoms with Crippen molar-refractivity contribution >= 4 is 11.8 Å². The Morgan fingerprint density at radius 3 is 2.47 bits per heavy atom. The molecule has 0 spiro atoms. The van der Waals surface area contributed by atoms with Gasteiger partial charge in [0.1, 0.15) is 6.04 Å². The van der Waals surface area contributed by atoms with Crippen LogP contribution in [0.25, 0.3) is 0 Å². The van der Waals surface area contributed by atoms with E-state index in [2.05, 4.69) is 0 Å². The number of rotatable bonds is 3. The van der Waals surface area contributed by atoms with Gasteiger partial charge in [0, 0.05) is 20.6 Å². The van der Waals surface area contributed by atoms with E-state index in [4.69, 9.17) is 0 Å². The second kappa shape index (κ2) is 5.49. The minimum atomic E-state index is -0.828. The topological polar surface area (TPSA) is 60.9 Å². The maximum atomic E-state index is 12.3. The average Bonchev–Trinajstić information content (AvgIpc) is 2.96. The third-order valence-electron chi connectivity index (χ3n) is 4.31. The predicted octanol–water partition coefficient (Wildman–Crippen LogP) is 0.761. The highest BCUT2D eigenvalue weighted by molar-refractivity contribution is 5.88. The third-order valence-corrected chi connectivity index (χ3v) is 4.31. The molecule has 0 aromatic carbocycles. The van der Waals surface area contributed by atoms with Crippen LogP contribution in [0.3, 0.4) is 0 Å². The largest absolute Gasteiger partial charge is 0.389 e. The van der Waals surface area contributed by atoms with Gasteiger partial charge in [-0.15, -0.1) is 0 Å². The maximum absolute atomic E-state index is 12.3. The lowest BCUT2D eigenvalue weighted by Gasteiger charge is -2.29. The van der Waals surface area contributed by atoms with E-state index in [0.29, 0.717) is 19.4 Å². The van der Waals surface area contributed by atoms with E-state index in [0.717, 1.165) is 25.7 Å². The van der Waals surface area contributed by atoms with Crippen molar-refractivity contribution in [2.24, 2.45) is 0 Å². The number of likely N-dealkylation sites (N-methyl/N-ethyl adjacent to an activating group) is 1. The fraction of sp³-hybridized carbons (Fsp3) is 0.857. The zero-order valence-electron chi connectivity index (χ0n) is 11.9. The van der Waals surface area contributed by atoms with Crippen LogP contribution >= 0.6 is 0 Å². The van der Waals surface area contributed by atoms with Crippen molar-refractivity contribution in [3.8, 4) is 0 Å². The van der Waals surface area contributed by atoms with E-state index >= 15 is 0 Å². The Balaban J connectivity index is 1.99.